The van der Waals surface area contributed by atoms with Crippen molar-refractivity contribution in [2.75, 3.05) is 0 Å². The van der Waals surface area contributed by atoms with Crippen LogP contribution in [-0.2, 0) is 13.0 Å². The summed E-state index contributed by atoms with van der Waals surface area (Å²) in [6, 6.07) is 0. The summed E-state index contributed by atoms with van der Waals surface area (Å²) in [6.07, 6.45) is 2.77. The van der Waals surface area contributed by atoms with Crippen molar-refractivity contribution < 1.29 is 0 Å². The molecule has 0 aliphatic carbocycles. The largest absolute Gasteiger partial charge is 0.252 e. The highest BCUT2D eigenvalue weighted by Crippen LogP contribution is 2.19. The third kappa shape index (κ3) is 4.96. The highest BCUT2D eigenvalue weighted by atomic mass is 15.3. The van der Waals surface area contributed by atoms with Crippen LogP contribution in [0, 0.1) is 10.8 Å². The molecule has 0 amide bonds. The molecule has 0 unspecified atom stereocenters. The molecule has 0 N–H and O–H groups in total. The molecule has 0 aromatic carbocycles. The van der Waals surface area contributed by atoms with E-state index in [-0.39, 0.29) is 10.8 Å². The SMILES string of the molecule is CC(C)(C)Cc1ncn(CC(C)(C)C)n1. The van der Waals surface area contributed by atoms with Gasteiger partial charge in [-0.1, -0.05) is 41.5 Å². The normalized spacial score (nSPS) is 13.2. The Labute approximate surface area is 92.9 Å². The summed E-state index contributed by atoms with van der Waals surface area (Å²) < 4.78 is 1.95. The lowest BCUT2D eigenvalue weighted by Gasteiger charge is -2.17. The predicted molar refractivity (Wildman–Crippen MR) is 62.6 cm³/mol. The van der Waals surface area contributed by atoms with Gasteiger partial charge in [-0.3, -0.25) is 4.68 Å². The quantitative estimate of drug-likeness (QED) is 0.750. The van der Waals surface area contributed by atoms with Crippen LogP contribution in [-0.4, -0.2) is 14.8 Å². The van der Waals surface area contributed by atoms with Crippen molar-refractivity contribution in [1.29, 1.82) is 0 Å². The Kier molecular flexibility index (Phi) is 3.22. The van der Waals surface area contributed by atoms with Gasteiger partial charge in [0, 0.05) is 13.0 Å². The molecule has 86 valence electrons. The molecule has 0 radical (unpaired) electrons. The third-order valence-corrected chi connectivity index (χ3v) is 1.91. The standard InChI is InChI=1S/C12H23N3/c1-11(2,3)7-10-13-9-15(14-10)8-12(4,5)6/h9H,7-8H2,1-6H3. The van der Waals surface area contributed by atoms with E-state index in [0.717, 1.165) is 18.8 Å². The maximum Gasteiger partial charge on any atom is 0.151 e. The van der Waals surface area contributed by atoms with E-state index in [0.29, 0.717) is 0 Å². The van der Waals surface area contributed by atoms with Crippen molar-refractivity contribution in [3.63, 3.8) is 0 Å². The van der Waals surface area contributed by atoms with Crippen molar-refractivity contribution in [3.8, 4) is 0 Å². The van der Waals surface area contributed by atoms with Crippen molar-refractivity contribution in [2.24, 2.45) is 10.8 Å². The number of hydrogen-bond acceptors (Lipinski definition) is 2. The van der Waals surface area contributed by atoms with Gasteiger partial charge in [-0.2, -0.15) is 5.10 Å². The zero-order valence-electron chi connectivity index (χ0n) is 10.8. The molecule has 15 heavy (non-hydrogen) atoms. The van der Waals surface area contributed by atoms with Crippen LogP contribution >= 0.6 is 0 Å². The highest BCUT2D eigenvalue weighted by molar-refractivity contribution is 4.87. The Hall–Kier alpha value is -0.860. The van der Waals surface area contributed by atoms with Crippen molar-refractivity contribution in [2.45, 2.75) is 54.5 Å². The van der Waals surface area contributed by atoms with E-state index in [1.54, 1.807) is 0 Å². The molecule has 0 atom stereocenters. The lowest BCUT2D eigenvalue weighted by atomic mass is 9.92. The van der Waals surface area contributed by atoms with E-state index in [1.807, 2.05) is 11.0 Å². The molecule has 0 spiro atoms. The van der Waals surface area contributed by atoms with E-state index in [2.05, 4.69) is 51.6 Å². The molecule has 0 saturated carbocycles. The van der Waals surface area contributed by atoms with Gasteiger partial charge >= 0.3 is 0 Å². The molecular formula is C12H23N3. The fourth-order valence-corrected chi connectivity index (χ4v) is 1.45. The van der Waals surface area contributed by atoms with Gasteiger partial charge in [-0.25, -0.2) is 4.98 Å². The number of rotatable bonds is 2. The second-order valence-corrected chi connectivity index (χ2v) is 6.66. The summed E-state index contributed by atoms with van der Waals surface area (Å²) in [7, 11) is 0. The molecule has 0 aliphatic heterocycles. The van der Waals surface area contributed by atoms with Crippen molar-refractivity contribution in [1.82, 2.24) is 14.8 Å². The monoisotopic (exact) mass is 209 g/mol. The molecular weight excluding hydrogens is 186 g/mol. The molecule has 0 fully saturated rings. The molecule has 1 heterocycles. The second-order valence-electron chi connectivity index (χ2n) is 6.66. The van der Waals surface area contributed by atoms with Crippen LogP contribution in [0.3, 0.4) is 0 Å². The van der Waals surface area contributed by atoms with Gasteiger partial charge in [0.1, 0.15) is 6.33 Å². The highest BCUT2D eigenvalue weighted by Gasteiger charge is 2.16. The summed E-state index contributed by atoms with van der Waals surface area (Å²) in [4.78, 5) is 4.34. The first-order valence-electron chi connectivity index (χ1n) is 5.54. The first-order valence-corrected chi connectivity index (χ1v) is 5.54. The van der Waals surface area contributed by atoms with Gasteiger partial charge in [-0.15, -0.1) is 0 Å². The Morgan fingerprint density at radius 3 is 2.13 bits per heavy atom. The van der Waals surface area contributed by atoms with Gasteiger partial charge in [0.2, 0.25) is 0 Å². The topological polar surface area (TPSA) is 30.7 Å². The average Bonchev–Trinajstić information content (AvgIpc) is 2.28. The van der Waals surface area contributed by atoms with E-state index in [1.165, 1.54) is 0 Å². The number of aromatic nitrogens is 3. The lowest BCUT2D eigenvalue weighted by molar-refractivity contribution is 0.322. The van der Waals surface area contributed by atoms with Crippen LogP contribution in [0.15, 0.2) is 6.33 Å². The lowest BCUT2D eigenvalue weighted by Crippen LogP contribution is -2.16. The van der Waals surface area contributed by atoms with Gasteiger partial charge in [-0.05, 0) is 10.8 Å². The maximum absolute atomic E-state index is 4.49. The zero-order chi connectivity index (χ0) is 11.7. The average molecular weight is 209 g/mol. The fourth-order valence-electron chi connectivity index (χ4n) is 1.45. The summed E-state index contributed by atoms with van der Waals surface area (Å²) in [5.74, 6) is 0.951. The third-order valence-electron chi connectivity index (χ3n) is 1.91. The minimum Gasteiger partial charge on any atom is -0.252 e. The van der Waals surface area contributed by atoms with Gasteiger partial charge in [0.05, 0.1) is 0 Å². The molecule has 0 saturated heterocycles. The Morgan fingerprint density at radius 2 is 1.67 bits per heavy atom. The van der Waals surface area contributed by atoms with E-state index in [9.17, 15) is 0 Å². The summed E-state index contributed by atoms with van der Waals surface area (Å²) in [6.45, 7) is 14.2. The smallest absolute Gasteiger partial charge is 0.151 e. The Bertz CT molecular complexity index is 282. The molecule has 0 bridgehead atoms. The molecule has 1 aromatic heterocycles. The van der Waals surface area contributed by atoms with Crippen LogP contribution in [0.4, 0.5) is 0 Å². The Morgan fingerprint density at radius 1 is 1.07 bits per heavy atom. The molecule has 1 aromatic rings. The first-order chi connectivity index (χ1) is 6.66. The maximum atomic E-state index is 4.49. The molecule has 3 heteroatoms. The van der Waals surface area contributed by atoms with Crippen LogP contribution in [0.25, 0.3) is 0 Å². The van der Waals surface area contributed by atoms with Gasteiger partial charge in [0.25, 0.3) is 0 Å². The summed E-state index contributed by atoms with van der Waals surface area (Å²) in [5.41, 5.74) is 0.515. The van der Waals surface area contributed by atoms with Crippen molar-refractivity contribution >= 4 is 0 Å². The Balaban J connectivity index is 2.65. The fraction of sp³-hybridized carbons (Fsp3) is 0.833. The van der Waals surface area contributed by atoms with Gasteiger partial charge < -0.3 is 0 Å². The molecule has 0 aliphatic rings. The minimum atomic E-state index is 0.257. The van der Waals surface area contributed by atoms with Crippen LogP contribution < -0.4 is 0 Å². The summed E-state index contributed by atoms with van der Waals surface area (Å²) in [5, 5.41) is 4.49. The molecule has 1 rings (SSSR count). The first kappa shape index (κ1) is 12.2. The number of nitrogens with zero attached hydrogens (tertiary/aromatic N) is 3. The van der Waals surface area contributed by atoms with Gasteiger partial charge in [0.15, 0.2) is 5.82 Å². The second kappa shape index (κ2) is 3.95. The minimum absolute atomic E-state index is 0.257. The predicted octanol–water partition coefficient (Wildman–Crippen LogP) is 2.91. The van der Waals surface area contributed by atoms with Crippen molar-refractivity contribution in [3.05, 3.63) is 12.2 Å². The number of hydrogen-bond donors (Lipinski definition) is 0. The van der Waals surface area contributed by atoms with E-state index in [4.69, 9.17) is 0 Å². The molecule has 3 nitrogen and oxygen atoms in total. The van der Waals surface area contributed by atoms with E-state index >= 15 is 0 Å². The summed E-state index contributed by atoms with van der Waals surface area (Å²) >= 11 is 0. The van der Waals surface area contributed by atoms with Crippen LogP contribution in [0.5, 0.6) is 0 Å². The zero-order valence-corrected chi connectivity index (χ0v) is 10.8. The van der Waals surface area contributed by atoms with Crippen LogP contribution in [0.1, 0.15) is 47.4 Å². The van der Waals surface area contributed by atoms with E-state index < -0.39 is 0 Å². The van der Waals surface area contributed by atoms with Crippen LogP contribution in [0.2, 0.25) is 0 Å².